The number of methoxy groups -OCH3 is 1. The number of hydrogen-bond donors (Lipinski definition) is 0. The van der Waals surface area contributed by atoms with Crippen LogP contribution in [0.3, 0.4) is 0 Å². The summed E-state index contributed by atoms with van der Waals surface area (Å²) in [5.74, 6) is -0.928. The third-order valence-corrected chi connectivity index (χ3v) is 8.69. The molecule has 0 N–H and O–H groups in total. The van der Waals surface area contributed by atoms with E-state index in [0.717, 1.165) is 4.57 Å². The number of nitrogens with zero attached hydrogens (tertiary/aromatic N) is 5. The molecule has 0 aliphatic rings. The fraction of sp³-hybridized carbons (Fsp3) is 0.452. The summed E-state index contributed by atoms with van der Waals surface area (Å²) in [4.78, 5) is 42.3. The predicted molar refractivity (Wildman–Crippen MR) is 162 cm³/mol. The van der Waals surface area contributed by atoms with E-state index in [4.69, 9.17) is 9.47 Å². The molecule has 0 amide bonds. The summed E-state index contributed by atoms with van der Waals surface area (Å²) in [5, 5.41) is 14.6. The summed E-state index contributed by atoms with van der Waals surface area (Å²) >= 11 is 1.21. The predicted octanol–water partition coefficient (Wildman–Crippen LogP) is 5.13. The van der Waals surface area contributed by atoms with Crippen molar-refractivity contribution in [3.05, 3.63) is 74.4 Å². The van der Waals surface area contributed by atoms with Crippen molar-refractivity contribution in [1.29, 1.82) is 5.26 Å². The second kappa shape index (κ2) is 12.7. The number of aryl methyl sites for hydroxylation is 1. The number of rotatable bonds is 12. The molecule has 0 aliphatic heterocycles. The second-order valence-corrected chi connectivity index (χ2v) is 12.5. The van der Waals surface area contributed by atoms with Crippen LogP contribution in [0.4, 0.5) is 4.39 Å². The highest BCUT2D eigenvalue weighted by atomic mass is 32.1. The second-order valence-electron chi connectivity index (χ2n) is 11.5. The Balaban J connectivity index is 2.03. The van der Waals surface area contributed by atoms with Gasteiger partial charge in [0.2, 0.25) is 0 Å². The van der Waals surface area contributed by atoms with E-state index in [1.807, 2.05) is 13.8 Å². The molecule has 0 bridgehead atoms. The van der Waals surface area contributed by atoms with E-state index in [1.54, 1.807) is 50.8 Å². The van der Waals surface area contributed by atoms with E-state index < -0.39 is 34.6 Å². The van der Waals surface area contributed by atoms with Crippen LogP contribution in [0.25, 0.3) is 15.2 Å². The number of thiophene rings is 1. The zero-order valence-corrected chi connectivity index (χ0v) is 26.2. The van der Waals surface area contributed by atoms with Gasteiger partial charge in [0.1, 0.15) is 33.0 Å². The lowest BCUT2D eigenvalue weighted by Gasteiger charge is -2.28. The van der Waals surface area contributed by atoms with Gasteiger partial charge in [-0.1, -0.05) is 25.2 Å². The van der Waals surface area contributed by atoms with Gasteiger partial charge in [-0.25, -0.2) is 18.4 Å². The number of nitriles is 1. The average Bonchev–Trinajstić information content (AvgIpc) is 3.60. The Bertz CT molecular complexity index is 1800. The van der Waals surface area contributed by atoms with Gasteiger partial charge in [-0.3, -0.25) is 14.2 Å². The Morgan fingerprint density at radius 3 is 2.56 bits per heavy atom. The number of carbonyl (C=O) groups is 1. The molecule has 0 radical (unpaired) electrons. The van der Waals surface area contributed by atoms with Crippen LogP contribution >= 0.6 is 11.3 Å². The van der Waals surface area contributed by atoms with Gasteiger partial charge < -0.3 is 9.47 Å². The van der Waals surface area contributed by atoms with Crippen molar-refractivity contribution in [2.24, 2.45) is 11.8 Å². The number of halogens is 1. The standard InChI is InChI=1S/C31H36FN5O5S/c1-18(2)13-25(38)31(5,6)37-27(39)26-20(4)28(36-12-8-11-34-36)43-29(26)35(30(37)40)16-24(42-17-19(3)15-33)22-14-21(32)9-10-23(22)41-7/h8-12,14,18-19,24H,13,16-17H2,1-7H3/t19-,24-/m0/s1. The maximum atomic E-state index is 14.5. The highest BCUT2D eigenvalue weighted by Gasteiger charge is 2.36. The largest absolute Gasteiger partial charge is 0.496 e. The summed E-state index contributed by atoms with van der Waals surface area (Å²) in [6.45, 7) is 10.3. The Labute approximate surface area is 252 Å². The molecule has 0 saturated heterocycles. The molecule has 4 rings (SSSR count). The van der Waals surface area contributed by atoms with Crippen molar-refractivity contribution in [2.45, 2.75) is 66.2 Å². The molecular weight excluding hydrogens is 573 g/mol. The van der Waals surface area contributed by atoms with E-state index in [2.05, 4.69) is 11.2 Å². The Morgan fingerprint density at radius 2 is 1.95 bits per heavy atom. The zero-order valence-electron chi connectivity index (χ0n) is 25.4. The van der Waals surface area contributed by atoms with Crippen LogP contribution in [0.2, 0.25) is 0 Å². The molecule has 0 saturated carbocycles. The minimum atomic E-state index is -1.46. The van der Waals surface area contributed by atoms with Crippen LogP contribution in [-0.2, 0) is 21.6 Å². The van der Waals surface area contributed by atoms with E-state index in [9.17, 15) is 24.0 Å². The zero-order chi connectivity index (χ0) is 31.6. The third kappa shape index (κ3) is 6.19. The van der Waals surface area contributed by atoms with E-state index in [1.165, 1.54) is 41.2 Å². The van der Waals surface area contributed by atoms with Crippen molar-refractivity contribution < 1.29 is 18.7 Å². The molecular formula is C31H36FN5O5S. The topological polar surface area (TPSA) is 121 Å². The lowest BCUT2D eigenvalue weighted by Crippen LogP contribution is -2.53. The first-order valence-electron chi connectivity index (χ1n) is 14.0. The van der Waals surface area contributed by atoms with Gasteiger partial charge in [0, 0.05) is 29.9 Å². The Hall–Kier alpha value is -4.08. The first-order chi connectivity index (χ1) is 20.3. The number of Topliss-reactive ketones (excluding diaryl/α,β-unsaturated/α-hetero) is 1. The molecule has 10 nitrogen and oxygen atoms in total. The van der Waals surface area contributed by atoms with Crippen LogP contribution in [0.1, 0.15) is 58.3 Å². The van der Waals surface area contributed by atoms with Crippen molar-refractivity contribution in [1.82, 2.24) is 18.9 Å². The minimum absolute atomic E-state index is 0.00125. The van der Waals surface area contributed by atoms with Gasteiger partial charge in [0.25, 0.3) is 5.56 Å². The molecule has 1 aromatic carbocycles. The van der Waals surface area contributed by atoms with Crippen molar-refractivity contribution in [3.63, 3.8) is 0 Å². The number of fused-ring (bicyclic) bond motifs is 1. The normalized spacial score (nSPS) is 13.3. The van der Waals surface area contributed by atoms with Crippen molar-refractivity contribution in [2.75, 3.05) is 13.7 Å². The highest BCUT2D eigenvalue weighted by Crippen LogP contribution is 2.35. The molecule has 3 aromatic heterocycles. The number of carbonyl (C=O) groups excluding carboxylic acids is 1. The molecule has 0 spiro atoms. The Morgan fingerprint density at radius 1 is 1.23 bits per heavy atom. The van der Waals surface area contributed by atoms with Crippen molar-refractivity contribution >= 4 is 27.3 Å². The lowest BCUT2D eigenvalue weighted by molar-refractivity contribution is -0.127. The van der Waals surface area contributed by atoms with Crippen molar-refractivity contribution in [3.8, 4) is 16.8 Å². The average molecular weight is 610 g/mol. The van der Waals surface area contributed by atoms with Crippen LogP contribution in [-0.4, -0.2) is 38.4 Å². The van der Waals surface area contributed by atoms with Gasteiger partial charge in [-0.2, -0.15) is 10.4 Å². The minimum Gasteiger partial charge on any atom is -0.496 e. The SMILES string of the molecule is COc1ccc(F)cc1[C@H](Cn1c(=O)n(C(C)(C)C(=O)CC(C)C)c(=O)c2c(C)c(-n3cccn3)sc21)OC[C@@H](C)C#N. The summed E-state index contributed by atoms with van der Waals surface area (Å²) in [6, 6.07) is 7.85. The van der Waals surface area contributed by atoms with Crippen LogP contribution in [0, 0.1) is 35.9 Å². The molecule has 3 heterocycles. The van der Waals surface area contributed by atoms with Gasteiger partial charge in [-0.15, -0.1) is 0 Å². The maximum Gasteiger partial charge on any atom is 0.333 e. The van der Waals surface area contributed by atoms with Gasteiger partial charge in [0.15, 0.2) is 5.78 Å². The number of ether oxygens (including phenoxy) is 2. The third-order valence-electron chi connectivity index (χ3n) is 7.39. The smallest absolute Gasteiger partial charge is 0.333 e. The first-order valence-corrected chi connectivity index (χ1v) is 14.8. The summed E-state index contributed by atoms with van der Waals surface area (Å²) in [7, 11) is 1.44. The molecule has 2 atom stereocenters. The summed E-state index contributed by atoms with van der Waals surface area (Å²) < 4.78 is 30.2. The van der Waals surface area contributed by atoms with Crippen LogP contribution in [0.15, 0.2) is 46.2 Å². The Kier molecular flexibility index (Phi) is 9.37. The summed E-state index contributed by atoms with van der Waals surface area (Å²) in [6.07, 6.45) is 2.58. The van der Waals surface area contributed by atoms with Gasteiger partial charge in [0.05, 0.1) is 37.6 Å². The van der Waals surface area contributed by atoms with Crippen LogP contribution < -0.4 is 16.0 Å². The summed E-state index contributed by atoms with van der Waals surface area (Å²) in [5.41, 5.74) is -1.81. The van der Waals surface area contributed by atoms with Crippen LogP contribution in [0.5, 0.6) is 5.75 Å². The highest BCUT2D eigenvalue weighted by molar-refractivity contribution is 7.21. The maximum absolute atomic E-state index is 14.5. The number of hydrogen-bond acceptors (Lipinski definition) is 8. The van der Waals surface area contributed by atoms with E-state index in [0.29, 0.717) is 26.7 Å². The monoisotopic (exact) mass is 609 g/mol. The number of aromatic nitrogens is 4. The van der Waals surface area contributed by atoms with Gasteiger partial charge >= 0.3 is 5.69 Å². The number of benzene rings is 1. The number of ketones is 1. The fourth-order valence-electron chi connectivity index (χ4n) is 5.00. The lowest BCUT2D eigenvalue weighted by atomic mass is 9.91. The molecule has 0 fully saturated rings. The fourth-order valence-corrected chi connectivity index (χ4v) is 6.25. The molecule has 4 aromatic rings. The quantitative estimate of drug-likeness (QED) is 0.218. The van der Waals surface area contributed by atoms with E-state index in [-0.39, 0.29) is 36.7 Å². The molecule has 43 heavy (non-hydrogen) atoms. The molecule has 0 aliphatic carbocycles. The first kappa shape index (κ1) is 31.8. The van der Waals surface area contributed by atoms with Gasteiger partial charge in [-0.05, 0) is 57.9 Å². The van der Waals surface area contributed by atoms with E-state index >= 15 is 0 Å². The molecule has 0 unspecified atom stereocenters. The molecule has 12 heteroatoms. The molecule has 228 valence electrons.